The summed E-state index contributed by atoms with van der Waals surface area (Å²) in [6.07, 6.45) is 1.08. The van der Waals surface area contributed by atoms with Gasteiger partial charge in [0, 0.05) is 13.1 Å². The van der Waals surface area contributed by atoms with E-state index in [9.17, 15) is 9.90 Å². The lowest BCUT2D eigenvalue weighted by Crippen LogP contribution is -2.27. The molecule has 1 unspecified atom stereocenters. The second-order valence-electron chi connectivity index (χ2n) is 6.24. The standard InChI is InChI=1S/C15H20ClNO2/c1-15(2,3)10-7-8-17(9-10)13-11(14(18)19)5-4-6-12(13)16/h4-6,10H,7-9H2,1-3H3,(H,18,19). The zero-order valence-corrected chi connectivity index (χ0v) is 12.4. The molecular weight excluding hydrogens is 262 g/mol. The van der Waals surface area contributed by atoms with Crippen LogP contribution in [0.15, 0.2) is 18.2 Å². The van der Waals surface area contributed by atoms with Crippen molar-refractivity contribution in [3.8, 4) is 0 Å². The molecular formula is C15H20ClNO2. The summed E-state index contributed by atoms with van der Waals surface area (Å²) >= 11 is 6.21. The van der Waals surface area contributed by atoms with Gasteiger partial charge in [-0.05, 0) is 29.9 Å². The maximum atomic E-state index is 11.3. The van der Waals surface area contributed by atoms with Crippen LogP contribution in [0.3, 0.4) is 0 Å². The maximum Gasteiger partial charge on any atom is 0.337 e. The van der Waals surface area contributed by atoms with E-state index in [0.717, 1.165) is 19.5 Å². The predicted molar refractivity (Wildman–Crippen MR) is 78.2 cm³/mol. The van der Waals surface area contributed by atoms with Gasteiger partial charge in [0.25, 0.3) is 0 Å². The summed E-state index contributed by atoms with van der Waals surface area (Å²) in [4.78, 5) is 13.4. The summed E-state index contributed by atoms with van der Waals surface area (Å²) < 4.78 is 0. The molecule has 0 radical (unpaired) electrons. The highest BCUT2D eigenvalue weighted by molar-refractivity contribution is 6.34. The number of hydrogen-bond donors (Lipinski definition) is 1. The van der Waals surface area contributed by atoms with Crippen molar-refractivity contribution in [1.29, 1.82) is 0 Å². The van der Waals surface area contributed by atoms with Crippen LogP contribution in [0, 0.1) is 11.3 Å². The van der Waals surface area contributed by atoms with Crippen molar-refractivity contribution in [2.24, 2.45) is 11.3 Å². The number of carboxylic acid groups (broad SMARTS) is 1. The molecule has 1 N–H and O–H groups in total. The lowest BCUT2D eigenvalue weighted by atomic mass is 9.80. The monoisotopic (exact) mass is 281 g/mol. The Balaban J connectivity index is 2.32. The van der Waals surface area contributed by atoms with E-state index < -0.39 is 5.97 Å². The van der Waals surface area contributed by atoms with Gasteiger partial charge in [-0.1, -0.05) is 38.4 Å². The molecule has 1 saturated heterocycles. The molecule has 4 heteroatoms. The van der Waals surface area contributed by atoms with Crippen molar-refractivity contribution in [2.75, 3.05) is 18.0 Å². The van der Waals surface area contributed by atoms with Crippen molar-refractivity contribution >= 4 is 23.3 Å². The Morgan fingerprint density at radius 2 is 2.11 bits per heavy atom. The van der Waals surface area contributed by atoms with Crippen LogP contribution in [0.2, 0.25) is 5.02 Å². The first-order chi connectivity index (χ1) is 8.80. The molecule has 104 valence electrons. The van der Waals surface area contributed by atoms with Gasteiger partial charge >= 0.3 is 5.97 Å². The van der Waals surface area contributed by atoms with E-state index in [0.29, 0.717) is 22.2 Å². The van der Waals surface area contributed by atoms with Crippen LogP contribution in [0.4, 0.5) is 5.69 Å². The van der Waals surface area contributed by atoms with Crippen molar-refractivity contribution in [1.82, 2.24) is 0 Å². The highest BCUT2D eigenvalue weighted by Crippen LogP contribution is 2.39. The number of para-hydroxylation sites is 1. The molecule has 1 fully saturated rings. The fraction of sp³-hybridized carbons (Fsp3) is 0.533. The number of anilines is 1. The Hall–Kier alpha value is -1.22. The van der Waals surface area contributed by atoms with Crippen LogP contribution in [-0.4, -0.2) is 24.2 Å². The third kappa shape index (κ3) is 2.86. The van der Waals surface area contributed by atoms with Gasteiger partial charge in [0.15, 0.2) is 0 Å². The second-order valence-corrected chi connectivity index (χ2v) is 6.65. The molecule has 1 heterocycles. The summed E-state index contributed by atoms with van der Waals surface area (Å²) in [5, 5.41) is 9.81. The Bertz CT molecular complexity index is 493. The first-order valence-corrected chi connectivity index (χ1v) is 6.95. The smallest absolute Gasteiger partial charge is 0.337 e. The molecule has 1 aliphatic heterocycles. The number of halogens is 1. The van der Waals surface area contributed by atoms with E-state index in [1.165, 1.54) is 0 Å². The van der Waals surface area contributed by atoms with Gasteiger partial charge in [-0.25, -0.2) is 4.79 Å². The fourth-order valence-electron chi connectivity index (χ4n) is 2.68. The average Bonchev–Trinajstić information content (AvgIpc) is 2.77. The summed E-state index contributed by atoms with van der Waals surface area (Å²) in [5.74, 6) is -0.359. The van der Waals surface area contributed by atoms with Crippen LogP contribution in [0.5, 0.6) is 0 Å². The summed E-state index contributed by atoms with van der Waals surface area (Å²) in [5.41, 5.74) is 1.20. The van der Waals surface area contributed by atoms with Gasteiger partial charge in [-0.3, -0.25) is 0 Å². The minimum atomic E-state index is -0.920. The van der Waals surface area contributed by atoms with Crippen LogP contribution in [0.25, 0.3) is 0 Å². The molecule has 0 saturated carbocycles. The zero-order chi connectivity index (χ0) is 14.2. The molecule has 3 nitrogen and oxygen atoms in total. The molecule has 0 aliphatic carbocycles. The van der Waals surface area contributed by atoms with Crippen molar-refractivity contribution < 1.29 is 9.90 Å². The molecule has 1 aliphatic rings. The average molecular weight is 282 g/mol. The Labute approximate surface area is 119 Å². The van der Waals surface area contributed by atoms with Gasteiger partial charge < -0.3 is 10.0 Å². The molecule has 1 aromatic carbocycles. The minimum absolute atomic E-state index is 0.236. The predicted octanol–water partition coefficient (Wildman–Crippen LogP) is 3.91. The highest BCUT2D eigenvalue weighted by atomic mass is 35.5. The molecule has 0 bridgehead atoms. The largest absolute Gasteiger partial charge is 0.478 e. The third-order valence-electron chi connectivity index (χ3n) is 3.95. The molecule has 1 aromatic rings. The van der Waals surface area contributed by atoms with Crippen LogP contribution in [-0.2, 0) is 0 Å². The Morgan fingerprint density at radius 3 is 2.63 bits per heavy atom. The Morgan fingerprint density at radius 1 is 1.42 bits per heavy atom. The third-order valence-corrected chi connectivity index (χ3v) is 4.25. The van der Waals surface area contributed by atoms with E-state index in [4.69, 9.17) is 11.6 Å². The maximum absolute atomic E-state index is 11.3. The second kappa shape index (κ2) is 5.04. The van der Waals surface area contributed by atoms with E-state index in [2.05, 4.69) is 25.7 Å². The SMILES string of the molecule is CC(C)(C)C1CCN(c2c(Cl)cccc2C(=O)O)C1. The van der Waals surface area contributed by atoms with Gasteiger partial charge in [0.2, 0.25) is 0 Å². The number of rotatable bonds is 2. The lowest BCUT2D eigenvalue weighted by molar-refractivity contribution is 0.0697. The number of nitrogens with zero attached hydrogens (tertiary/aromatic N) is 1. The minimum Gasteiger partial charge on any atom is -0.478 e. The summed E-state index contributed by atoms with van der Waals surface area (Å²) in [6.45, 7) is 8.42. The van der Waals surface area contributed by atoms with Crippen LogP contribution < -0.4 is 4.90 Å². The number of hydrogen-bond acceptors (Lipinski definition) is 2. The van der Waals surface area contributed by atoms with E-state index >= 15 is 0 Å². The first-order valence-electron chi connectivity index (χ1n) is 6.57. The Kier molecular flexibility index (Phi) is 3.77. The summed E-state index contributed by atoms with van der Waals surface area (Å²) in [6, 6.07) is 5.06. The number of benzene rings is 1. The summed E-state index contributed by atoms with van der Waals surface area (Å²) in [7, 11) is 0. The van der Waals surface area contributed by atoms with Crippen molar-refractivity contribution in [2.45, 2.75) is 27.2 Å². The van der Waals surface area contributed by atoms with Gasteiger partial charge in [-0.2, -0.15) is 0 Å². The van der Waals surface area contributed by atoms with E-state index in [1.54, 1.807) is 18.2 Å². The topological polar surface area (TPSA) is 40.5 Å². The van der Waals surface area contributed by atoms with E-state index in [1.807, 2.05) is 0 Å². The van der Waals surface area contributed by atoms with Crippen molar-refractivity contribution in [3.63, 3.8) is 0 Å². The first kappa shape index (κ1) is 14.2. The van der Waals surface area contributed by atoms with Gasteiger partial charge in [0.05, 0.1) is 16.3 Å². The van der Waals surface area contributed by atoms with Crippen LogP contribution in [0.1, 0.15) is 37.6 Å². The normalized spacial score (nSPS) is 19.8. The zero-order valence-electron chi connectivity index (χ0n) is 11.6. The number of aromatic carboxylic acids is 1. The quantitative estimate of drug-likeness (QED) is 0.893. The van der Waals surface area contributed by atoms with Crippen molar-refractivity contribution in [3.05, 3.63) is 28.8 Å². The molecule has 0 aromatic heterocycles. The highest BCUT2D eigenvalue weighted by Gasteiger charge is 2.33. The van der Waals surface area contributed by atoms with Crippen LogP contribution >= 0.6 is 11.6 Å². The molecule has 2 rings (SSSR count). The number of carboxylic acids is 1. The fourth-order valence-corrected chi connectivity index (χ4v) is 2.97. The molecule has 1 atom stereocenters. The molecule has 0 amide bonds. The van der Waals surface area contributed by atoms with Gasteiger partial charge in [0.1, 0.15) is 0 Å². The molecule has 0 spiro atoms. The molecule has 19 heavy (non-hydrogen) atoms. The van der Waals surface area contributed by atoms with Gasteiger partial charge in [-0.15, -0.1) is 0 Å². The number of carbonyl (C=O) groups is 1. The lowest BCUT2D eigenvalue weighted by Gasteiger charge is -2.28. The van der Waals surface area contributed by atoms with E-state index in [-0.39, 0.29) is 5.41 Å².